The lowest BCUT2D eigenvalue weighted by Gasteiger charge is -2.05. The first-order valence-electron chi connectivity index (χ1n) is 11.0. The van der Waals surface area contributed by atoms with Crippen molar-refractivity contribution in [1.29, 1.82) is 0 Å². The molecule has 1 aromatic rings. The van der Waals surface area contributed by atoms with Gasteiger partial charge in [-0.2, -0.15) is 0 Å². The van der Waals surface area contributed by atoms with Crippen LogP contribution < -0.4 is 0 Å². The molecule has 1 heteroatoms. The maximum atomic E-state index is 2.00. The van der Waals surface area contributed by atoms with E-state index in [1.807, 2.05) is 36.4 Å². The van der Waals surface area contributed by atoms with Crippen LogP contribution in [0.3, 0.4) is 0 Å². The van der Waals surface area contributed by atoms with Crippen LogP contribution in [0.4, 0.5) is 0 Å². The molecule has 3 saturated carbocycles. The molecule has 0 heterocycles. The Hall–Kier alpha value is -0.715. The Morgan fingerprint density at radius 1 is 0.200 bits per heavy atom. The van der Waals surface area contributed by atoms with Gasteiger partial charge in [-0.15, -0.1) is 0 Å². The van der Waals surface area contributed by atoms with E-state index < -0.39 is 0 Å². The van der Waals surface area contributed by atoms with Gasteiger partial charge < -0.3 is 0 Å². The molecule has 4 rings (SSSR count). The van der Waals surface area contributed by atoms with Crippen LogP contribution in [-0.2, 0) is 0 Å². The van der Waals surface area contributed by atoms with Gasteiger partial charge in [0.05, 0.1) is 0 Å². The van der Waals surface area contributed by atoms with E-state index in [1.54, 1.807) is 0 Å². The Morgan fingerprint density at radius 3 is 0.360 bits per heavy atom. The van der Waals surface area contributed by atoms with E-state index in [9.17, 15) is 0 Å². The maximum Gasteiger partial charge on any atom is 0 e. The molecule has 1 aromatic carbocycles. The summed E-state index contributed by atoms with van der Waals surface area (Å²) < 4.78 is 0. The van der Waals surface area contributed by atoms with Crippen LogP contribution in [0, 0.1) is 0 Å². The normalized spacial score (nSPS) is 19.2. The van der Waals surface area contributed by atoms with Gasteiger partial charge in [0.2, 0.25) is 0 Å². The predicted molar refractivity (Wildman–Crippen MR) is 115 cm³/mol. The zero-order chi connectivity index (χ0) is 17.0. The summed E-state index contributed by atoms with van der Waals surface area (Å²) in [6, 6.07) is 12.0. The standard InChI is InChI=1S/3C6H12.C6H6.B/c4*1-2-4-6-5-3-1;/h3*1-6H2;1-6H;. The lowest BCUT2D eigenvalue weighted by atomic mass is 10.0. The molecule has 25 heavy (non-hydrogen) atoms. The molecule has 3 aliphatic rings. The number of rotatable bonds is 0. The molecular weight excluding hydrogens is 299 g/mol. The maximum absolute atomic E-state index is 2.00. The Labute approximate surface area is 160 Å². The average molecular weight is 341 g/mol. The fourth-order valence-electron chi connectivity index (χ4n) is 3.57. The summed E-state index contributed by atoms with van der Waals surface area (Å²) in [5.41, 5.74) is 0. The van der Waals surface area contributed by atoms with Gasteiger partial charge in [0.1, 0.15) is 0 Å². The van der Waals surface area contributed by atoms with E-state index in [0.29, 0.717) is 0 Å². The summed E-state index contributed by atoms with van der Waals surface area (Å²) in [4.78, 5) is 0. The largest absolute Gasteiger partial charge is 0.0623 e. The van der Waals surface area contributed by atoms with Gasteiger partial charge in [-0.05, 0) is 0 Å². The molecule has 0 bridgehead atoms. The second kappa shape index (κ2) is 21.3. The third-order valence-corrected chi connectivity index (χ3v) is 5.17. The summed E-state index contributed by atoms with van der Waals surface area (Å²) >= 11 is 0. The highest BCUT2D eigenvalue weighted by molar-refractivity contribution is 5.75. The molecule has 0 N–H and O–H groups in total. The minimum atomic E-state index is 0. The van der Waals surface area contributed by atoms with Crippen LogP contribution in [0.1, 0.15) is 116 Å². The number of hydrogen-bond acceptors (Lipinski definition) is 0. The van der Waals surface area contributed by atoms with Gasteiger partial charge in [0, 0.05) is 8.41 Å². The minimum absolute atomic E-state index is 0. The van der Waals surface area contributed by atoms with Crippen molar-refractivity contribution >= 4 is 8.41 Å². The molecular formula is C24H42B. The van der Waals surface area contributed by atoms with Gasteiger partial charge in [-0.1, -0.05) is 152 Å². The van der Waals surface area contributed by atoms with Gasteiger partial charge in [-0.25, -0.2) is 0 Å². The Morgan fingerprint density at radius 2 is 0.280 bits per heavy atom. The third kappa shape index (κ3) is 19.5. The first-order chi connectivity index (χ1) is 12.0. The van der Waals surface area contributed by atoms with E-state index in [2.05, 4.69) is 0 Å². The summed E-state index contributed by atoms with van der Waals surface area (Å²) in [7, 11) is 0. The molecule has 0 spiro atoms. The molecule has 0 aromatic heterocycles. The van der Waals surface area contributed by atoms with Crippen molar-refractivity contribution in [3.63, 3.8) is 0 Å². The Kier molecular flexibility index (Phi) is 20.7. The van der Waals surface area contributed by atoms with Gasteiger partial charge >= 0.3 is 0 Å². The first kappa shape index (κ1) is 24.3. The van der Waals surface area contributed by atoms with Crippen molar-refractivity contribution in [2.45, 2.75) is 116 Å². The molecule has 0 saturated heterocycles. The van der Waals surface area contributed by atoms with Gasteiger partial charge in [-0.3, -0.25) is 0 Å². The van der Waals surface area contributed by atoms with Crippen molar-refractivity contribution in [2.24, 2.45) is 0 Å². The summed E-state index contributed by atoms with van der Waals surface area (Å²) in [6.07, 6.45) is 27.0. The SMILES string of the molecule is C1CCCCC1.C1CCCCC1.C1CCCCC1.[B].c1ccccc1. The molecule has 0 aliphatic heterocycles. The second-order valence-corrected chi connectivity index (χ2v) is 7.52. The average Bonchev–Trinajstić information content (AvgIpc) is 2.75. The predicted octanol–water partition coefficient (Wildman–Crippen LogP) is 8.33. The van der Waals surface area contributed by atoms with Gasteiger partial charge in [0.15, 0.2) is 0 Å². The molecule has 141 valence electrons. The highest BCUT2D eigenvalue weighted by Crippen LogP contribution is 2.16. The van der Waals surface area contributed by atoms with Crippen LogP contribution in [0.5, 0.6) is 0 Å². The van der Waals surface area contributed by atoms with Crippen molar-refractivity contribution < 1.29 is 0 Å². The molecule has 0 nitrogen and oxygen atoms in total. The highest BCUT2D eigenvalue weighted by atomic mass is 14.0. The lowest BCUT2D eigenvalue weighted by Crippen LogP contribution is -1.85. The molecule has 3 radical (unpaired) electrons. The summed E-state index contributed by atoms with van der Waals surface area (Å²) in [5, 5.41) is 0. The monoisotopic (exact) mass is 341 g/mol. The fourth-order valence-corrected chi connectivity index (χ4v) is 3.57. The molecule has 3 fully saturated rings. The van der Waals surface area contributed by atoms with Gasteiger partial charge in [0.25, 0.3) is 0 Å². The van der Waals surface area contributed by atoms with E-state index >= 15 is 0 Å². The minimum Gasteiger partial charge on any atom is -0.0623 e. The molecule has 3 aliphatic carbocycles. The van der Waals surface area contributed by atoms with E-state index in [0.717, 1.165) is 0 Å². The molecule has 0 atom stereocenters. The van der Waals surface area contributed by atoms with Crippen molar-refractivity contribution in [2.75, 3.05) is 0 Å². The Bertz CT molecular complexity index is 220. The van der Waals surface area contributed by atoms with Crippen molar-refractivity contribution in [1.82, 2.24) is 0 Å². The number of benzene rings is 1. The Balaban J connectivity index is 0.000000303. The zero-order valence-corrected chi connectivity index (χ0v) is 16.8. The topological polar surface area (TPSA) is 0 Å². The van der Waals surface area contributed by atoms with Crippen molar-refractivity contribution in [3.8, 4) is 0 Å². The third-order valence-electron chi connectivity index (χ3n) is 5.17. The zero-order valence-electron chi connectivity index (χ0n) is 16.8. The highest BCUT2D eigenvalue weighted by Gasteiger charge is 1.96. The molecule has 0 amide bonds. The quantitative estimate of drug-likeness (QED) is 0.416. The van der Waals surface area contributed by atoms with Crippen LogP contribution in [-0.4, -0.2) is 8.41 Å². The second-order valence-electron chi connectivity index (χ2n) is 7.52. The van der Waals surface area contributed by atoms with Crippen LogP contribution in [0.2, 0.25) is 0 Å². The smallest absolute Gasteiger partial charge is 0 e. The number of hydrogen-bond donors (Lipinski definition) is 0. The van der Waals surface area contributed by atoms with Crippen LogP contribution >= 0.6 is 0 Å². The molecule has 0 unspecified atom stereocenters. The summed E-state index contributed by atoms with van der Waals surface area (Å²) in [5.74, 6) is 0. The first-order valence-corrected chi connectivity index (χ1v) is 11.0. The fraction of sp³-hybridized carbons (Fsp3) is 0.750. The van der Waals surface area contributed by atoms with E-state index in [4.69, 9.17) is 0 Å². The van der Waals surface area contributed by atoms with E-state index in [-0.39, 0.29) is 8.41 Å². The van der Waals surface area contributed by atoms with Crippen LogP contribution in [0.25, 0.3) is 0 Å². The van der Waals surface area contributed by atoms with Crippen LogP contribution in [0.15, 0.2) is 36.4 Å². The van der Waals surface area contributed by atoms with Crippen molar-refractivity contribution in [3.05, 3.63) is 36.4 Å². The lowest BCUT2D eigenvalue weighted by molar-refractivity contribution is 0.504. The van der Waals surface area contributed by atoms with E-state index in [1.165, 1.54) is 116 Å². The summed E-state index contributed by atoms with van der Waals surface area (Å²) in [6.45, 7) is 0.